The van der Waals surface area contributed by atoms with Crippen LogP contribution in [0.4, 0.5) is 5.69 Å². The van der Waals surface area contributed by atoms with Crippen LogP contribution in [0.1, 0.15) is 51.2 Å². The van der Waals surface area contributed by atoms with Crippen LogP contribution in [0.5, 0.6) is 0 Å². The second-order valence-corrected chi connectivity index (χ2v) is 8.85. The maximum absolute atomic E-state index is 13.4. The molecule has 1 unspecified atom stereocenters. The van der Waals surface area contributed by atoms with Gasteiger partial charge in [0, 0.05) is 12.1 Å². The van der Waals surface area contributed by atoms with E-state index in [4.69, 9.17) is 4.74 Å². The number of nitriles is 1. The molecule has 3 rings (SSSR count). The molecule has 5 nitrogen and oxygen atoms in total. The minimum absolute atomic E-state index is 0.104. The van der Waals surface area contributed by atoms with Gasteiger partial charge in [-0.2, -0.15) is 5.26 Å². The van der Waals surface area contributed by atoms with Gasteiger partial charge in [-0.3, -0.25) is 9.69 Å². The zero-order valence-corrected chi connectivity index (χ0v) is 20.6. The summed E-state index contributed by atoms with van der Waals surface area (Å²) < 4.78 is 5.66. The number of carbonyl (C=O) groups excluding carboxylic acids is 2. The molecule has 0 saturated carbocycles. The van der Waals surface area contributed by atoms with E-state index < -0.39 is 12.0 Å². The van der Waals surface area contributed by atoms with Gasteiger partial charge in [-0.25, -0.2) is 4.79 Å². The van der Waals surface area contributed by atoms with Crippen LogP contribution in [0.3, 0.4) is 0 Å². The van der Waals surface area contributed by atoms with Gasteiger partial charge in [-0.1, -0.05) is 87.9 Å². The third-order valence-electron chi connectivity index (χ3n) is 5.89. The molecule has 3 aromatic rings. The van der Waals surface area contributed by atoms with Crippen molar-refractivity contribution in [1.82, 2.24) is 0 Å². The van der Waals surface area contributed by atoms with E-state index >= 15 is 0 Å². The summed E-state index contributed by atoms with van der Waals surface area (Å²) in [6.45, 7) is 6.04. The molecule has 0 aliphatic rings. The minimum Gasteiger partial charge on any atom is -0.459 e. The molecular formula is C30H32N2O3. The molecule has 0 radical (unpaired) electrons. The number of anilines is 1. The van der Waals surface area contributed by atoms with Crippen molar-refractivity contribution >= 4 is 17.6 Å². The first-order chi connectivity index (χ1) is 17.0. The van der Waals surface area contributed by atoms with Crippen LogP contribution in [-0.4, -0.2) is 17.9 Å². The van der Waals surface area contributed by atoms with Gasteiger partial charge in [0.15, 0.2) is 0 Å². The van der Waals surface area contributed by atoms with Crippen molar-refractivity contribution in [1.29, 1.82) is 5.26 Å². The number of nitrogens with zero attached hydrogens (tertiary/aromatic N) is 2. The number of hydrogen-bond acceptors (Lipinski definition) is 4. The van der Waals surface area contributed by atoms with Gasteiger partial charge < -0.3 is 4.74 Å². The molecule has 0 aliphatic carbocycles. The van der Waals surface area contributed by atoms with E-state index in [-0.39, 0.29) is 18.4 Å². The topological polar surface area (TPSA) is 70.4 Å². The summed E-state index contributed by atoms with van der Waals surface area (Å²) in [4.78, 5) is 28.2. The molecule has 35 heavy (non-hydrogen) atoms. The molecular weight excluding hydrogens is 436 g/mol. The lowest BCUT2D eigenvalue weighted by Crippen LogP contribution is -2.49. The Morgan fingerprint density at radius 3 is 2.23 bits per heavy atom. The minimum atomic E-state index is -0.750. The van der Waals surface area contributed by atoms with E-state index in [1.807, 2.05) is 93.6 Å². The highest BCUT2D eigenvalue weighted by Crippen LogP contribution is 2.29. The van der Waals surface area contributed by atoms with Crippen LogP contribution in [0.15, 0.2) is 78.9 Å². The summed E-state index contributed by atoms with van der Waals surface area (Å²) in [7, 11) is 0. The summed E-state index contributed by atoms with van der Waals surface area (Å²) in [5.74, 6) is -0.678. The lowest BCUT2D eigenvalue weighted by atomic mass is 9.98. The molecule has 0 spiro atoms. The summed E-state index contributed by atoms with van der Waals surface area (Å²) in [5.41, 5.74) is 3.82. The molecule has 0 aliphatic heterocycles. The van der Waals surface area contributed by atoms with E-state index in [2.05, 4.69) is 6.07 Å². The van der Waals surface area contributed by atoms with E-state index in [0.29, 0.717) is 17.7 Å². The molecule has 180 valence electrons. The summed E-state index contributed by atoms with van der Waals surface area (Å²) in [6.07, 6.45) is 1.98. The number of hydrogen-bond donors (Lipinski definition) is 0. The molecule has 3 aromatic carbocycles. The lowest BCUT2D eigenvalue weighted by molar-refractivity contribution is -0.149. The maximum atomic E-state index is 13.4. The Labute approximate surface area is 208 Å². The smallest absolute Gasteiger partial charge is 0.329 e. The van der Waals surface area contributed by atoms with Crippen LogP contribution in [0, 0.1) is 17.2 Å². The van der Waals surface area contributed by atoms with E-state index in [0.717, 1.165) is 29.5 Å². The highest BCUT2D eigenvalue weighted by molar-refractivity contribution is 5.99. The molecule has 1 amide bonds. The van der Waals surface area contributed by atoms with Crippen molar-refractivity contribution in [2.45, 2.75) is 52.7 Å². The number of unbranched alkanes of at least 4 members (excludes halogenated alkanes) is 1. The summed E-state index contributed by atoms with van der Waals surface area (Å²) in [5, 5.41) is 9.45. The first-order valence-corrected chi connectivity index (χ1v) is 12.1. The van der Waals surface area contributed by atoms with Crippen LogP contribution < -0.4 is 4.90 Å². The van der Waals surface area contributed by atoms with Crippen LogP contribution >= 0.6 is 0 Å². The highest BCUT2D eigenvalue weighted by Gasteiger charge is 2.34. The van der Waals surface area contributed by atoms with Gasteiger partial charge in [0.05, 0.1) is 11.6 Å². The van der Waals surface area contributed by atoms with E-state index in [1.165, 1.54) is 0 Å². The van der Waals surface area contributed by atoms with Crippen molar-refractivity contribution in [3.8, 4) is 17.2 Å². The molecule has 0 heterocycles. The first-order valence-electron chi connectivity index (χ1n) is 12.1. The van der Waals surface area contributed by atoms with Crippen molar-refractivity contribution in [2.24, 2.45) is 5.92 Å². The Balaban J connectivity index is 1.92. The van der Waals surface area contributed by atoms with Crippen LogP contribution in [0.2, 0.25) is 0 Å². The van der Waals surface area contributed by atoms with E-state index in [9.17, 15) is 14.9 Å². The Morgan fingerprint density at radius 1 is 0.943 bits per heavy atom. The third-order valence-corrected chi connectivity index (χ3v) is 5.89. The van der Waals surface area contributed by atoms with Gasteiger partial charge in [-0.15, -0.1) is 0 Å². The molecule has 1 atom stereocenters. The zero-order valence-electron chi connectivity index (χ0n) is 20.6. The average molecular weight is 469 g/mol. The SMILES string of the molecule is CCCCC(=O)N(c1ccc(-c2ccccc2C#N)cc1)C(C(=O)OCc1ccccc1)C(C)C. The van der Waals surface area contributed by atoms with Gasteiger partial charge in [-0.05, 0) is 47.2 Å². The van der Waals surface area contributed by atoms with Gasteiger partial charge in [0.25, 0.3) is 0 Å². The molecule has 0 saturated heterocycles. The monoisotopic (exact) mass is 468 g/mol. The molecule has 0 aromatic heterocycles. The fraction of sp³-hybridized carbons (Fsp3) is 0.300. The number of ether oxygens (including phenoxy) is 1. The number of carbonyl (C=O) groups is 2. The average Bonchev–Trinajstić information content (AvgIpc) is 2.89. The van der Waals surface area contributed by atoms with Gasteiger partial charge in [0.2, 0.25) is 5.91 Å². The molecule has 5 heteroatoms. The first kappa shape index (κ1) is 25.7. The molecule has 0 N–H and O–H groups in total. The largest absolute Gasteiger partial charge is 0.459 e. The second-order valence-electron chi connectivity index (χ2n) is 8.85. The van der Waals surface area contributed by atoms with Crippen molar-refractivity contribution < 1.29 is 14.3 Å². The predicted octanol–water partition coefficient (Wildman–Crippen LogP) is 6.52. The Hall–Kier alpha value is -3.91. The van der Waals surface area contributed by atoms with Crippen molar-refractivity contribution in [3.63, 3.8) is 0 Å². The zero-order chi connectivity index (χ0) is 25.2. The normalized spacial score (nSPS) is 11.5. The van der Waals surface area contributed by atoms with Crippen molar-refractivity contribution in [2.75, 3.05) is 4.90 Å². The van der Waals surface area contributed by atoms with Crippen LogP contribution in [-0.2, 0) is 20.9 Å². The number of amides is 1. The van der Waals surface area contributed by atoms with Gasteiger partial charge in [0.1, 0.15) is 12.6 Å². The number of esters is 1. The third kappa shape index (κ3) is 6.58. The lowest BCUT2D eigenvalue weighted by Gasteiger charge is -2.33. The Morgan fingerprint density at radius 2 is 1.60 bits per heavy atom. The highest BCUT2D eigenvalue weighted by atomic mass is 16.5. The fourth-order valence-electron chi connectivity index (χ4n) is 4.03. The number of benzene rings is 3. The number of rotatable bonds is 10. The summed E-state index contributed by atoms with van der Waals surface area (Å²) in [6, 6.07) is 25.8. The quantitative estimate of drug-likeness (QED) is 0.318. The molecule has 0 fully saturated rings. The fourth-order valence-corrected chi connectivity index (χ4v) is 4.03. The Bertz CT molecular complexity index is 1160. The van der Waals surface area contributed by atoms with Gasteiger partial charge >= 0.3 is 5.97 Å². The Kier molecular flexibility index (Phi) is 9.20. The second kappa shape index (κ2) is 12.5. The van der Waals surface area contributed by atoms with Crippen molar-refractivity contribution in [3.05, 3.63) is 90.0 Å². The van der Waals surface area contributed by atoms with Crippen LogP contribution in [0.25, 0.3) is 11.1 Å². The predicted molar refractivity (Wildman–Crippen MR) is 138 cm³/mol. The maximum Gasteiger partial charge on any atom is 0.329 e. The summed E-state index contributed by atoms with van der Waals surface area (Å²) >= 11 is 0. The van der Waals surface area contributed by atoms with E-state index in [1.54, 1.807) is 11.0 Å². The standard InChI is InChI=1S/C30H32N2O3/c1-4-5-15-28(33)32(29(22(2)3)30(34)35-21-23-11-7-6-8-12-23)26-18-16-24(17-19-26)27-14-10-9-13-25(27)20-31/h6-14,16-19,22,29H,4-5,15,21H2,1-3H3. The molecule has 0 bridgehead atoms.